The summed E-state index contributed by atoms with van der Waals surface area (Å²) in [5.41, 5.74) is 6.03. The minimum absolute atomic E-state index is 0.0518. The van der Waals surface area contributed by atoms with Gasteiger partial charge >= 0.3 is 5.97 Å². The molecule has 0 amide bonds. The highest BCUT2D eigenvalue weighted by molar-refractivity contribution is 6.49. The van der Waals surface area contributed by atoms with Gasteiger partial charge in [0.2, 0.25) is 0 Å². The third-order valence-corrected chi connectivity index (χ3v) is 4.50. The normalized spacial score (nSPS) is 14.2. The smallest absolute Gasteiger partial charge is 0.307 e. The zero-order valence-electron chi connectivity index (χ0n) is 10.1. The number of nitrogens with two attached hydrogens (primary N) is 1. The van der Waals surface area contributed by atoms with E-state index in [-0.39, 0.29) is 27.5 Å². The number of halogens is 4. The van der Waals surface area contributed by atoms with Gasteiger partial charge in [0.25, 0.3) is 0 Å². The van der Waals surface area contributed by atoms with Crippen molar-refractivity contribution in [3.8, 4) is 0 Å². The predicted molar refractivity (Wildman–Crippen MR) is 79.7 cm³/mol. The number of hydrogen-bond acceptors (Lipinski definition) is 2. The Morgan fingerprint density at radius 3 is 2.32 bits per heavy atom. The van der Waals surface area contributed by atoms with Gasteiger partial charge in [-0.1, -0.05) is 53.3 Å². The van der Waals surface area contributed by atoms with E-state index in [4.69, 9.17) is 57.2 Å². The number of rotatable bonds is 5. The van der Waals surface area contributed by atoms with Gasteiger partial charge < -0.3 is 10.8 Å². The lowest BCUT2D eigenvalue weighted by molar-refractivity contribution is -0.141. The van der Waals surface area contributed by atoms with Crippen molar-refractivity contribution in [1.29, 1.82) is 0 Å². The van der Waals surface area contributed by atoms with Crippen molar-refractivity contribution in [2.75, 3.05) is 6.54 Å². The van der Waals surface area contributed by atoms with Crippen molar-refractivity contribution in [3.05, 3.63) is 31.7 Å². The molecule has 3 nitrogen and oxygen atoms in total. The first-order chi connectivity index (χ1) is 8.79. The molecule has 1 aromatic carbocycles. The van der Waals surface area contributed by atoms with Crippen LogP contribution in [0, 0.1) is 5.92 Å². The third-order valence-electron chi connectivity index (χ3n) is 2.91. The second-order valence-corrected chi connectivity index (χ2v) is 5.86. The minimum Gasteiger partial charge on any atom is -0.481 e. The van der Waals surface area contributed by atoms with Crippen LogP contribution in [0.5, 0.6) is 0 Å². The number of aliphatic carboxylic acids is 1. The van der Waals surface area contributed by atoms with Crippen molar-refractivity contribution in [2.24, 2.45) is 11.7 Å². The van der Waals surface area contributed by atoms with Crippen LogP contribution in [0.2, 0.25) is 20.1 Å². The molecule has 2 atom stereocenters. The van der Waals surface area contributed by atoms with Crippen LogP contribution in [0.25, 0.3) is 0 Å². The molecule has 3 N–H and O–H groups in total. The monoisotopic (exact) mass is 343 g/mol. The Morgan fingerprint density at radius 1 is 1.26 bits per heavy atom. The van der Waals surface area contributed by atoms with E-state index in [9.17, 15) is 4.79 Å². The standard InChI is InChI=1S/C12H13Cl4NO2/c1-5(2-6(4-17)12(18)19)9-7(13)3-8(14)10(15)11(9)16/h3,5-6H,2,4,17H2,1H3,(H,18,19). The molecule has 0 saturated heterocycles. The predicted octanol–water partition coefficient (Wildman–Crippen LogP) is 4.45. The number of benzene rings is 1. The van der Waals surface area contributed by atoms with Crippen molar-refractivity contribution < 1.29 is 9.90 Å². The quantitative estimate of drug-likeness (QED) is 0.612. The summed E-state index contributed by atoms with van der Waals surface area (Å²) in [7, 11) is 0. The van der Waals surface area contributed by atoms with Crippen molar-refractivity contribution in [2.45, 2.75) is 19.3 Å². The Labute approximate surface area is 131 Å². The van der Waals surface area contributed by atoms with Crippen LogP contribution in [0.3, 0.4) is 0 Å². The average molecular weight is 345 g/mol. The van der Waals surface area contributed by atoms with Crippen molar-refractivity contribution >= 4 is 52.4 Å². The van der Waals surface area contributed by atoms with Crippen LogP contribution >= 0.6 is 46.4 Å². The molecule has 0 spiro atoms. The molecule has 19 heavy (non-hydrogen) atoms. The fourth-order valence-electron chi connectivity index (χ4n) is 1.87. The fraction of sp³-hybridized carbons (Fsp3) is 0.417. The molecule has 1 rings (SSSR count). The number of carboxylic acids is 1. The lowest BCUT2D eigenvalue weighted by Crippen LogP contribution is -2.25. The first kappa shape index (κ1) is 16.9. The number of carboxylic acid groups (broad SMARTS) is 1. The van der Waals surface area contributed by atoms with Gasteiger partial charge in [0.05, 0.1) is 21.0 Å². The second-order valence-electron chi connectivity index (χ2n) is 4.29. The van der Waals surface area contributed by atoms with Crippen LogP contribution in [0.4, 0.5) is 0 Å². The largest absolute Gasteiger partial charge is 0.481 e. The van der Waals surface area contributed by atoms with Crippen molar-refractivity contribution in [1.82, 2.24) is 0 Å². The minimum atomic E-state index is -0.943. The Balaban J connectivity index is 3.10. The maximum atomic E-state index is 11.0. The molecule has 106 valence electrons. The van der Waals surface area contributed by atoms with E-state index < -0.39 is 11.9 Å². The van der Waals surface area contributed by atoms with Crippen LogP contribution in [0.1, 0.15) is 24.8 Å². The summed E-state index contributed by atoms with van der Waals surface area (Å²) in [6, 6.07) is 1.50. The third kappa shape index (κ3) is 3.89. The molecule has 0 aromatic heterocycles. The summed E-state index contributed by atoms with van der Waals surface area (Å²) in [4.78, 5) is 11.0. The van der Waals surface area contributed by atoms with Gasteiger partial charge in [0, 0.05) is 11.6 Å². The molecule has 7 heteroatoms. The van der Waals surface area contributed by atoms with Crippen molar-refractivity contribution in [3.63, 3.8) is 0 Å². The maximum absolute atomic E-state index is 11.0. The van der Waals surface area contributed by atoms with Gasteiger partial charge in [0.15, 0.2) is 0 Å². The van der Waals surface area contributed by atoms with E-state index in [1.54, 1.807) is 0 Å². The van der Waals surface area contributed by atoms with E-state index in [1.807, 2.05) is 6.92 Å². The molecule has 0 fully saturated rings. The fourth-order valence-corrected chi connectivity index (χ4v) is 3.17. The molecule has 2 unspecified atom stereocenters. The summed E-state index contributed by atoms with van der Waals surface area (Å²) in [5.74, 6) is -1.79. The van der Waals surface area contributed by atoms with Gasteiger partial charge in [-0.3, -0.25) is 4.79 Å². The highest BCUT2D eigenvalue weighted by Crippen LogP contribution is 2.42. The van der Waals surface area contributed by atoms with E-state index in [0.29, 0.717) is 17.0 Å². The second kappa shape index (κ2) is 7.00. The lowest BCUT2D eigenvalue weighted by Gasteiger charge is -2.20. The maximum Gasteiger partial charge on any atom is 0.307 e. The molecule has 0 saturated carbocycles. The lowest BCUT2D eigenvalue weighted by atomic mass is 9.90. The molecule has 0 radical (unpaired) electrons. The van der Waals surface area contributed by atoms with E-state index in [1.165, 1.54) is 6.07 Å². The molecule has 0 heterocycles. The molecular formula is C12H13Cl4NO2. The van der Waals surface area contributed by atoms with Gasteiger partial charge in [-0.25, -0.2) is 0 Å². The molecule has 0 aliphatic heterocycles. The molecule has 0 aliphatic rings. The Hall–Kier alpha value is -0.190. The van der Waals surface area contributed by atoms with Crippen LogP contribution in [0.15, 0.2) is 6.07 Å². The molecular weight excluding hydrogens is 332 g/mol. The Bertz CT molecular complexity index is 493. The molecule has 0 aliphatic carbocycles. The van der Waals surface area contributed by atoms with Gasteiger partial charge in [-0.2, -0.15) is 0 Å². The Morgan fingerprint density at radius 2 is 1.84 bits per heavy atom. The van der Waals surface area contributed by atoms with E-state index in [2.05, 4.69) is 0 Å². The zero-order valence-corrected chi connectivity index (χ0v) is 13.1. The summed E-state index contributed by atoms with van der Waals surface area (Å²) in [6.45, 7) is 1.87. The van der Waals surface area contributed by atoms with Crippen LogP contribution in [-0.2, 0) is 4.79 Å². The van der Waals surface area contributed by atoms with Gasteiger partial charge in [-0.15, -0.1) is 0 Å². The van der Waals surface area contributed by atoms with Gasteiger partial charge in [-0.05, 0) is 24.0 Å². The summed E-state index contributed by atoms with van der Waals surface area (Å²) < 4.78 is 0. The molecule has 0 bridgehead atoms. The summed E-state index contributed by atoms with van der Waals surface area (Å²) in [6.07, 6.45) is 0.323. The first-order valence-corrected chi connectivity index (χ1v) is 7.06. The summed E-state index contributed by atoms with van der Waals surface area (Å²) in [5, 5.41) is 10.1. The topological polar surface area (TPSA) is 63.3 Å². The zero-order chi connectivity index (χ0) is 14.7. The highest BCUT2D eigenvalue weighted by Gasteiger charge is 2.24. The number of hydrogen-bond donors (Lipinski definition) is 2. The number of carbonyl (C=O) groups is 1. The molecule has 1 aromatic rings. The van der Waals surface area contributed by atoms with Gasteiger partial charge in [0.1, 0.15) is 0 Å². The van der Waals surface area contributed by atoms with E-state index in [0.717, 1.165) is 0 Å². The average Bonchev–Trinajstić information content (AvgIpc) is 2.32. The highest BCUT2D eigenvalue weighted by atomic mass is 35.5. The Kier molecular flexibility index (Phi) is 6.21. The van der Waals surface area contributed by atoms with E-state index >= 15 is 0 Å². The van der Waals surface area contributed by atoms with Crippen LogP contribution in [-0.4, -0.2) is 17.6 Å². The summed E-state index contributed by atoms with van der Waals surface area (Å²) >= 11 is 24.1. The first-order valence-electron chi connectivity index (χ1n) is 5.55. The van der Waals surface area contributed by atoms with Crippen LogP contribution < -0.4 is 5.73 Å². The SMILES string of the molecule is CC(CC(CN)C(=O)O)c1c(Cl)cc(Cl)c(Cl)c1Cl.